The molecule has 1 rings (SSSR count). The molecule has 1 aromatic heterocycles. The fraction of sp³-hybridized carbons (Fsp3) is 0.286. The van der Waals surface area contributed by atoms with Crippen molar-refractivity contribution < 1.29 is 8.78 Å². The second-order valence-electron chi connectivity index (χ2n) is 2.39. The Bertz CT molecular complexity index is 364. The Morgan fingerprint density at radius 2 is 2.23 bits per heavy atom. The van der Waals surface area contributed by atoms with Gasteiger partial charge in [-0.2, -0.15) is 0 Å². The lowest BCUT2D eigenvalue weighted by Crippen LogP contribution is -2.14. The maximum absolute atomic E-state index is 12.3. The molecule has 1 heterocycles. The summed E-state index contributed by atoms with van der Waals surface area (Å²) in [5, 5.41) is 0. The molecule has 0 atom stereocenters. The molecular weight excluding hydrogens is 293 g/mol. The quantitative estimate of drug-likeness (QED) is 0.811. The van der Waals surface area contributed by atoms with Crippen LogP contribution < -0.4 is 11.3 Å². The molecule has 0 saturated carbocycles. The lowest BCUT2D eigenvalue weighted by molar-refractivity contribution is 0.144. The molecule has 0 aliphatic rings. The highest BCUT2D eigenvalue weighted by molar-refractivity contribution is 14.1. The van der Waals surface area contributed by atoms with Crippen molar-refractivity contribution in [3.8, 4) is 0 Å². The first-order valence-corrected chi connectivity index (χ1v) is 4.54. The first-order valence-electron chi connectivity index (χ1n) is 3.46. The van der Waals surface area contributed by atoms with E-state index in [4.69, 9.17) is 5.73 Å². The molecule has 0 aliphatic carbocycles. The van der Waals surface area contributed by atoms with Gasteiger partial charge in [0.05, 0.1) is 5.69 Å². The Kier molecular flexibility index (Phi) is 3.37. The molecule has 0 unspecified atom stereocenters. The lowest BCUT2D eigenvalue weighted by Gasteiger charge is -2.06. The topological polar surface area (TPSA) is 58.9 Å². The Labute approximate surface area is 86.5 Å². The molecule has 1 aromatic rings. The number of aromatic amines is 1. The molecule has 0 aromatic carbocycles. The van der Waals surface area contributed by atoms with Gasteiger partial charge in [0.1, 0.15) is 0 Å². The summed E-state index contributed by atoms with van der Waals surface area (Å²) in [7, 11) is 0. The maximum Gasteiger partial charge on any atom is 0.279 e. The van der Waals surface area contributed by atoms with Crippen LogP contribution in [-0.4, -0.2) is 4.98 Å². The number of rotatable bonds is 2. The van der Waals surface area contributed by atoms with Gasteiger partial charge in [0.15, 0.2) is 0 Å². The van der Waals surface area contributed by atoms with E-state index in [9.17, 15) is 13.6 Å². The molecule has 6 heteroatoms. The molecule has 3 nitrogen and oxygen atoms in total. The van der Waals surface area contributed by atoms with Crippen LogP contribution in [0, 0.1) is 3.57 Å². The highest BCUT2D eigenvalue weighted by atomic mass is 127. The van der Waals surface area contributed by atoms with E-state index < -0.39 is 12.0 Å². The molecule has 0 spiro atoms. The highest BCUT2D eigenvalue weighted by Gasteiger charge is 2.15. The van der Waals surface area contributed by atoms with Crippen LogP contribution in [0.4, 0.5) is 8.78 Å². The van der Waals surface area contributed by atoms with Gasteiger partial charge in [-0.15, -0.1) is 0 Å². The summed E-state index contributed by atoms with van der Waals surface area (Å²) in [6, 6.07) is 1.23. The SMILES string of the molecule is NCc1cc(=O)[nH]c(C(F)F)c1I. The summed E-state index contributed by atoms with van der Waals surface area (Å²) in [5.74, 6) is 0. The third-order valence-electron chi connectivity index (χ3n) is 1.52. The Balaban J connectivity index is 3.36. The van der Waals surface area contributed by atoms with Gasteiger partial charge in [-0.05, 0) is 28.2 Å². The van der Waals surface area contributed by atoms with E-state index in [-0.39, 0.29) is 12.2 Å². The van der Waals surface area contributed by atoms with Crippen LogP contribution in [0.3, 0.4) is 0 Å². The van der Waals surface area contributed by atoms with Gasteiger partial charge < -0.3 is 10.7 Å². The van der Waals surface area contributed by atoms with Crippen LogP contribution in [0.25, 0.3) is 0 Å². The zero-order chi connectivity index (χ0) is 10.0. The smallest absolute Gasteiger partial charge is 0.279 e. The molecular formula is C7H7F2IN2O. The van der Waals surface area contributed by atoms with E-state index in [1.54, 1.807) is 22.6 Å². The number of H-pyrrole nitrogens is 1. The summed E-state index contributed by atoms with van der Waals surface area (Å²) in [4.78, 5) is 13.0. The maximum atomic E-state index is 12.3. The predicted molar refractivity (Wildman–Crippen MR) is 52.6 cm³/mol. The van der Waals surface area contributed by atoms with Crippen LogP contribution in [0.15, 0.2) is 10.9 Å². The minimum Gasteiger partial charge on any atom is -0.326 e. The minimum atomic E-state index is -2.67. The van der Waals surface area contributed by atoms with Crippen molar-refractivity contribution in [3.63, 3.8) is 0 Å². The van der Waals surface area contributed by atoms with Crippen LogP contribution in [0.2, 0.25) is 0 Å². The summed E-state index contributed by atoms with van der Waals surface area (Å²) in [5.41, 5.74) is 4.83. The van der Waals surface area contributed by atoms with Gasteiger partial charge >= 0.3 is 0 Å². The van der Waals surface area contributed by atoms with Gasteiger partial charge in [0.25, 0.3) is 6.43 Å². The molecule has 0 radical (unpaired) electrons. The number of hydrogen-bond acceptors (Lipinski definition) is 2. The Morgan fingerprint density at radius 3 is 2.69 bits per heavy atom. The van der Waals surface area contributed by atoms with Gasteiger partial charge in [0.2, 0.25) is 5.56 Å². The van der Waals surface area contributed by atoms with Crippen molar-refractivity contribution >= 4 is 22.6 Å². The van der Waals surface area contributed by atoms with Crippen molar-refractivity contribution in [2.45, 2.75) is 13.0 Å². The molecule has 0 fully saturated rings. The van der Waals surface area contributed by atoms with Crippen LogP contribution in [0.1, 0.15) is 17.7 Å². The van der Waals surface area contributed by atoms with E-state index in [1.807, 2.05) is 0 Å². The van der Waals surface area contributed by atoms with Crippen molar-refractivity contribution in [2.75, 3.05) is 0 Å². The third-order valence-corrected chi connectivity index (χ3v) is 2.79. The molecule has 0 saturated heterocycles. The average molecular weight is 300 g/mol. The van der Waals surface area contributed by atoms with Crippen molar-refractivity contribution in [1.82, 2.24) is 4.98 Å². The molecule has 0 amide bonds. The van der Waals surface area contributed by atoms with Gasteiger partial charge in [0, 0.05) is 16.2 Å². The van der Waals surface area contributed by atoms with Crippen LogP contribution in [-0.2, 0) is 6.54 Å². The zero-order valence-corrected chi connectivity index (χ0v) is 8.64. The lowest BCUT2D eigenvalue weighted by atomic mass is 10.2. The van der Waals surface area contributed by atoms with Crippen LogP contribution in [0.5, 0.6) is 0 Å². The van der Waals surface area contributed by atoms with Gasteiger partial charge in [-0.1, -0.05) is 0 Å². The Morgan fingerprint density at radius 1 is 1.62 bits per heavy atom. The number of nitrogens with one attached hydrogen (secondary N) is 1. The second kappa shape index (κ2) is 4.14. The molecule has 13 heavy (non-hydrogen) atoms. The minimum absolute atomic E-state index is 0.0852. The van der Waals surface area contributed by atoms with E-state index in [0.29, 0.717) is 9.13 Å². The summed E-state index contributed by atoms with van der Waals surface area (Å²) in [6.07, 6.45) is -2.67. The zero-order valence-electron chi connectivity index (χ0n) is 6.48. The number of alkyl halides is 2. The van der Waals surface area contributed by atoms with Crippen molar-refractivity contribution in [1.29, 1.82) is 0 Å². The molecule has 72 valence electrons. The van der Waals surface area contributed by atoms with E-state index in [0.717, 1.165) is 0 Å². The predicted octanol–water partition coefficient (Wildman–Crippen LogP) is 1.38. The molecule has 3 N–H and O–H groups in total. The van der Waals surface area contributed by atoms with Gasteiger partial charge in [-0.3, -0.25) is 4.79 Å². The van der Waals surface area contributed by atoms with E-state index >= 15 is 0 Å². The number of pyridine rings is 1. The fourth-order valence-corrected chi connectivity index (χ4v) is 1.66. The summed E-state index contributed by atoms with van der Waals surface area (Å²) < 4.78 is 24.9. The summed E-state index contributed by atoms with van der Waals surface area (Å²) >= 11 is 1.74. The first kappa shape index (κ1) is 10.6. The van der Waals surface area contributed by atoms with E-state index in [1.165, 1.54) is 6.07 Å². The Hall–Kier alpha value is -0.500. The summed E-state index contributed by atoms with van der Waals surface area (Å²) in [6.45, 7) is 0.0852. The standard InChI is InChI=1S/C7H7F2IN2O/c8-7(9)6-5(10)3(2-11)1-4(13)12-6/h1,7H,2,11H2,(H,12,13). The van der Waals surface area contributed by atoms with E-state index in [2.05, 4.69) is 4.98 Å². The number of halogens is 3. The van der Waals surface area contributed by atoms with Crippen molar-refractivity contribution in [3.05, 3.63) is 31.2 Å². The number of aromatic nitrogens is 1. The van der Waals surface area contributed by atoms with Gasteiger partial charge in [-0.25, -0.2) is 8.78 Å². The normalized spacial score (nSPS) is 10.8. The average Bonchev–Trinajstić information content (AvgIpc) is 2.08. The first-order chi connectivity index (χ1) is 6.06. The highest BCUT2D eigenvalue weighted by Crippen LogP contribution is 2.23. The molecule has 0 bridgehead atoms. The largest absolute Gasteiger partial charge is 0.326 e. The van der Waals surface area contributed by atoms with Crippen LogP contribution >= 0.6 is 22.6 Å². The van der Waals surface area contributed by atoms with Crippen molar-refractivity contribution in [2.24, 2.45) is 5.73 Å². The monoisotopic (exact) mass is 300 g/mol. The molecule has 0 aliphatic heterocycles. The fourth-order valence-electron chi connectivity index (χ4n) is 0.917. The number of nitrogens with two attached hydrogens (primary N) is 1. The number of hydrogen-bond donors (Lipinski definition) is 2. The second-order valence-corrected chi connectivity index (χ2v) is 3.47. The third kappa shape index (κ3) is 2.25.